The molecule has 7 heteroatoms. The van der Waals surface area contributed by atoms with Crippen molar-refractivity contribution in [2.45, 2.75) is 128 Å². The predicted octanol–water partition coefficient (Wildman–Crippen LogP) is 4.68. The van der Waals surface area contributed by atoms with Crippen LogP contribution in [0.5, 0.6) is 0 Å². The van der Waals surface area contributed by atoms with E-state index in [-0.39, 0.29) is 36.1 Å². The van der Waals surface area contributed by atoms with E-state index in [1.165, 1.54) is 43.4 Å². The van der Waals surface area contributed by atoms with E-state index >= 15 is 0 Å². The van der Waals surface area contributed by atoms with Gasteiger partial charge in [-0.2, -0.15) is 0 Å². The molecular weight excluding hydrogens is 406 g/mol. The van der Waals surface area contributed by atoms with E-state index in [2.05, 4.69) is 17.6 Å². The Morgan fingerprint density at radius 1 is 0.906 bits per heavy atom. The molecule has 1 spiro atoms. The van der Waals surface area contributed by atoms with Gasteiger partial charge in [-0.05, 0) is 47.0 Å². The number of carbonyl (C=O) groups excluding carboxylic acids is 3. The van der Waals surface area contributed by atoms with Gasteiger partial charge in [0.15, 0.2) is 0 Å². The van der Waals surface area contributed by atoms with Crippen molar-refractivity contribution in [2.75, 3.05) is 13.2 Å². The molecule has 0 aromatic heterocycles. The van der Waals surface area contributed by atoms with Crippen LogP contribution in [0.15, 0.2) is 0 Å². The number of nitrogens with one attached hydrogen (secondary N) is 2. The van der Waals surface area contributed by atoms with E-state index in [9.17, 15) is 14.4 Å². The average molecular weight is 452 g/mol. The Kier molecular flexibility index (Phi) is 9.55. The molecule has 0 aromatic carbocycles. The maximum atomic E-state index is 13.2. The van der Waals surface area contributed by atoms with Gasteiger partial charge < -0.3 is 15.4 Å². The van der Waals surface area contributed by atoms with E-state index in [0.29, 0.717) is 19.3 Å². The van der Waals surface area contributed by atoms with Gasteiger partial charge in [-0.25, -0.2) is 4.79 Å². The molecule has 0 aliphatic carbocycles. The van der Waals surface area contributed by atoms with Crippen molar-refractivity contribution in [2.24, 2.45) is 0 Å². The fourth-order valence-corrected chi connectivity index (χ4v) is 5.60. The summed E-state index contributed by atoms with van der Waals surface area (Å²) < 4.78 is 5.31. The second-order valence-electron chi connectivity index (χ2n) is 11.0. The first-order valence-electron chi connectivity index (χ1n) is 12.6. The van der Waals surface area contributed by atoms with Crippen molar-refractivity contribution in [3.63, 3.8) is 0 Å². The highest BCUT2D eigenvalue weighted by molar-refractivity contribution is 6.07. The van der Waals surface area contributed by atoms with Crippen LogP contribution < -0.4 is 10.6 Å². The van der Waals surface area contributed by atoms with Crippen LogP contribution in [0.4, 0.5) is 4.79 Å². The normalized spacial score (nSPS) is 21.1. The molecule has 7 nitrogen and oxygen atoms in total. The molecular formula is C25H45N3O4. The van der Waals surface area contributed by atoms with Crippen molar-refractivity contribution in [1.29, 1.82) is 0 Å². The zero-order valence-electron chi connectivity index (χ0n) is 21.0. The lowest BCUT2D eigenvalue weighted by Crippen LogP contribution is -2.68. The molecule has 2 saturated heterocycles. The number of urea groups is 1. The van der Waals surface area contributed by atoms with Crippen LogP contribution in [0.1, 0.15) is 112 Å². The molecule has 0 bridgehead atoms. The van der Waals surface area contributed by atoms with Crippen LogP contribution in [0.3, 0.4) is 0 Å². The fraction of sp³-hybridized carbons (Fsp3) is 0.880. The highest BCUT2D eigenvalue weighted by Gasteiger charge is 2.58. The summed E-state index contributed by atoms with van der Waals surface area (Å²) in [6, 6.07) is -0.390. The summed E-state index contributed by atoms with van der Waals surface area (Å²) in [6.45, 7) is 10.6. The lowest BCUT2D eigenvalue weighted by Gasteiger charge is -2.50. The molecule has 184 valence electrons. The second kappa shape index (κ2) is 11.5. The van der Waals surface area contributed by atoms with E-state index in [4.69, 9.17) is 4.74 Å². The lowest BCUT2D eigenvalue weighted by molar-refractivity contribution is -0.145. The Bertz CT molecular complexity index is 644. The molecule has 2 aliphatic heterocycles. The molecule has 3 amide bonds. The van der Waals surface area contributed by atoms with Gasteiger partial charge in [-0.15, -0.1) is 0 Å². The number of esters is 1. The lowest BCUT2D eigenvalue weighted by atomic mass is 9.71. The minimum absolute atomic E-state index is 0.0521. The highest BCUT2D eigenvalue weighted by Crippen LogP contribution is 2.39. The van der Waals surface area contributed by atoms with Gasteiger partial charge >= 0.3 is 12.0 Å². The topological polar surface area (TPSA) is 87.7 Å². The van der Waals surface area contributed by atoms with Gasteiger partial charge in [0.05, 0.1) is 6.54 Å². The van der Waals surface area contributed by atoms with Crippen molar-refractivity contribution in [3.05, 3.63) is 0 Å². The molecule has 2 rings (SSSR count). The SMILES string of the molecule is CCCCCCCCCCCC(=O)OCCN1C(=O)NC2(CC(C)(C)NC(C)(C)C2)C1=O. The number of carbonyl (C=O) groups is 3. The largest absolute Gasteiger partial charge is 0.464 e. The van der Waals surface area contributed by atoms with Crippen molar-refractivity contribution in [3.8, 4) is 0 Å². The summed E-state index contributed by atoms with van der Waals surface area (Å²) in [5.74, 6) is -0.459. The van der Waals surface area contributed by atoms with Gasteiger partial charge in [0.25, 0.3) is 5.91 Å². The number of hydrogen-bond donors (Lipinski definition) is 2. The van der Waals surface area contributed by atoms with Crippen molar-refractivity contribution < 1.29 is 19.1 Å². The van der Waals surface area contributed by atoms with Crippen molar-refractivity contribution >= 4 is 17.9 Å². The minimum Gasteiger partial charge on any atom is -0.464 e. The molecule has 0 atom stereocenters. The first-order valence-corrected chi connectivity index (χ1v) is 12.6. The zero-order valence-corrected chi connectivity index (χ0v) is 21.0. The first kappa shape index (κ1) is 26.6. The number of piperidine rings is 1. The molecule has 0 aromatic rings. The van der Waals surface area contributed by atoms with E-state index in [1.807, 2.05) is 27.7 Å². The molecule has 2 heterocycles. The second-order valence-corrected chi connectivity index (χ2v) is 11.0. The molecule has 0 saturated carbocycles. The summed E-state index contributed by atoms with van der Waals surface area (Å²) >= 11 is 0. The summed E-state index contributed by atoms with van der Waals surface area (Å²) in [5.41, 5.74) is -1.44. The standard InChI is InChI=1S/C25H45N3O4/c1-6-7-8-9-10-11-12-13-14-15-20(29)32-17-16-28-21(30)25(26-22(28)31)18-23(2,3)27-24(4,5)19-25/h27H,6-19H2,1-5H3,(H,26,31). The Balaban J connectivity index is 1.67. The number of rotatable bonds is 13. The monoisotopic (exact) mass is 451 g/mol. The van der Waals surface area contributed by atoms with Crippen LogP contribution >= 0.6 is 0 Å². The number of imide groups is 1. The van der Waals surface area contributed by atoms with Crippen molar-refractivity contribution in [1.82, 2.24) is 15.5 Å². The smallest absolute Gasteiger partial charge is 0.325 e. The van der Waals surface area contributed by atoms with E-state index in [1.54, 1.807) is 0 Å². The zero-order chi connectivity index (χ0) is 23.8. The molecule has 0 unspecified atom stereocenters. The van der Waals surface area contributed by atoms with Gasteiger partial charge in [0.2, 0.25) is 0 Å². The van der Waals surface area contributed by atoms with E-state index < -0.39 is 11.6 Å². The number of nitrogens with zero attached hydrogens (tertiary/aromatic N) is 1. The maximum Gasteiger partial charge on any atom is 0.325 e. The summed E-state index contributed by atoms with van der Waals surface area (Å²) in [6.07, 6.45) is 12.2. The van der Waals surface area contributed by atoms with Gasteiger partial charge in [0.1, 0.15) is 12.1 Å². The Morgan fingerprint density at radius 3 is 2.00 bits per heavy atom. The minimum atomic E-state index is -0.893. The summed E-state index contributed by atoms with van der Waals surface area (Å²) in [4.78, 5) is 38.9. The third-order valence-electron chi connectivity index (χ3n) is 6.47. The maximum absolute atomic E-state index is 13.2. The van der Waals surface area contributed by atoms with Crippen LogP contribution in [0.2, 0.25) is 0 Å². The molecule has 2 aliphatic rings. The van der Waals surface area contributed by atoms with Gasteiger partial charge in [0, 0.05) is 17.5 Å². The number of amides is 3. The summed E-state index contributed by atoms with van der Waals surface area (Å²) in [5, 5.41) is 6.49. The highest BCUT2D eigenvalue weighted by atomic mass is 16.5. The van der Waals surface area contributed by atoms with Crippen LogP contribution in [-0.2, 0) is 14.3 Å². The fourth-order valence-electron chi connectivity index (χ4n) is 5.60. The quantitative estimate of drug-likeness (QED) is 0.241. The van der Waals surface area contributed by atoms with Gasteiger partial charge in [-0.1, -0.05) is 58.3 Å². The van der Waals surface area contributed by atoms with Crippen LogP contribution in [0, 0.1) is 0 Å². The number of ether oxygens (including phenoxy) is 1. The Labute approximate surface area is 194 Å². The molecule has 32 heavy (non-hydrogen) atoms. The average Bonchev–Trinajstić information content (AvgIpc) is 2.87. The molecule has 2 fully saturated rings. The van der Waals surface area contributed by atoms with Crippen LogP contribution in [-0.4, -0.2) is 52.6 Å². The third-order valence-corrected chi connectivity index (χ3v) is 6.47. The number of unbranched alkanes of at least 4 members (excludes halogenated alkanes) is 8. The molecule has 2 N–H and O–H groups in total. The number of hydrogen-bond acceptors (Lipinski definition) is 5. The Morgan fingerprint density at radius 2 is 1.44 bits per heavy atom. The van der Waals surface area contributed by atoms with E-state index in [0.717, 1.165) is 19.3 Å². The Hall–Kier alpha value is -1.63. The van der Waals surface area contributed by atoms with Gasteiger partial charge in [-0.3, -0.25) is 14.5 Å². The first-order chi connectivity index (χ1) is 15.0. The van der Waals surface area contributed by atoms with Crippen LogP contribution in [0.25, 0.3) is 0 Å². The third kappa shape index (κ3) is 7.75. The molecule has 0 radical (unpaired) electrons. The summed E-state index contributed by atoms with van der Waals surface area (Å²) in [7, 11) is 0. The predicted molar refractivity (Wildman–Crippen MR) is 126 cm³/mol.